The van der Waals surface area contributed by atoms with Crippen molar-refractivity contribution in [3.63, 3.8) is 0 Å². The highest BCUT2D eigenvalue weighted by atomic mass is 35.5. The molecule has 1 amide bonds. The van der Waals surface area contributed by atoms with Crippen LogP contribution >= 0.6 is 12.4 Å². The maximum absolute atomic E-state index is 12.5. The first-order valence-corrected chi connectivity index (χ1v) is 8.63. The highest BCUT2D eigenvalue weighted by Gasteiger charge is 2.30. The van der Waals surface area contributed by atoms with Crippen molar-refractivity contribution in [2.75, 3.05) is 20.2 Å². The fourth-order valence-electron chi connectivity index (χ4n) is 2.55. The van der Waals surface area contributed by atoms with Crippen molar-refractivity contribution in [2.24, 2.45) is 5.73 Å². The summed E-state index contributed by atoms with van der Waals surface area (Å²) in [6.07, 6.45) is -5.45. The molecule has 0 radical (unpaired) electrons. The van der Waals surface area contributed by atoms with Crippen molar-refractivity contribution in [1.29, 1.82) is 0 Å². The van der Waals surface area contributed by atoms with Crippen molar-refractivity contribution in [1.82, 2.24) is 4.90 Å². The zero-order valence-electron chi connectivity index (χ0n) is 16.0. The fraction of sp³-hybridized carbons (Fsp3) is 0.350. The molecule has 0 bridgehead atoms. The summed E-state index contributed by atoms with van der Waals surface area (Å²) in [5.41, 5.74) is 6.92. The predicted octanol–water partition coefficient (Wildman–Crippen LogP) is 3.33. The average Bonchev–Trinajstić information content (AvgIpc) is 2.65. The largest absolute Gasteiger partial charge is 0.491 e. The highest BCUT2D eigenvalue weighted by molar-refractivity contribution is 5.85. The molecule has 2 atom stereocenters. The van der Waals surface area contributed by atoms with Gasteiger partial charge >= 0.3 is 6.18 Å². The number of carbonyl (C=O) groups excluding carboxylic acids is 1. The smallest absolute Gasteiger partial charge is 0.416 e. The van der Waals surface area contributed by atoms with Gasteiger partial charge in [0.05, 0.1) is 5.56 Å². The SMILES string of the molecule is Cc1ccc(C(N)C(=O)N(C)CC(O)COc2ccc(C(F)(F)F)cc2)cc1.Cl. The third-order valence-corrected chi connectivity index (χ3v) is 4.19. The van der Waals surface area contributed by atoms with Gasteiger partial charge in [-0.1, -0.05) is 29.8 Å². The molecule has 0 heterocycles. The predicted molar refractivity (Wildman–Crippen MR) is 106 cm³/mol. The summed E-state index contributed by atoms with van der Waals surface area (Å²) in [6.45, 7) is 1.72. The van der Waals surface area contributed by atoms with Gasteiger partial charge in [-0.15, -0.1) is 12.4 Å². The van der Waals surface area contributed by atoms with Gasteiger partial charge in [0.15, 0.2) is 0 Å². The number of aryl methyl sites for hydroxylation is 1. The van der Waals surface area contributed by atoms with E-state index in [0.29, 0.717) is 5.56 Å². The molecule has 160 valence electrons. The quantitative estimate of drug-likeness (QED) is 0.703. The van der Waals surface area contributed by atoms with E-state index in [1.165, 1.54) is 24.1 Å². The van der Waals surface area contributed by atoms with E-state index in [1.54, 1.807) is 12.1 Å². The lowest BCUT2D eigenvalue weighted by Gasteiger charge is -2.24. The van der Waals surface area contributed by atoms with Crippen LogP contribution in [0, 0.1) is 6.92 Å². The van der Waals surface area contributed by atoms with Crippen LogP contribution in [0.3, 0.4) is 0 Å². The van der Waals surface area contributed by atoms with Gasteiger partial charge in [-0.05, 0) is 36.8 Å². The van der Waals surface area contributed by atoms with Gasteiger partial charge in [0.1, 0.15) is 24.5 Å². The van der Waals surface area contributed by atoms with Crippen LogP contribution in [0.15, 0.2) is 48.5 Å². The van der Waals surface area contributed by atoms with E-state index in [1.807, 2.05) is 19.1 Å². The normalized spacial score (nSPS) is 13.2. The van der Waals surface area contributed by atoms with Crippen molar-refractivity contribution >= 4 is 18.3 Å². The summed E-state index contributed by atoms with van der Waals surface area (Å²) < 4.78 is 42.9. The summed E-state index contributed by atoms with van der Waals surface area (Å²) >= 11 is 0. The molecule has 0 aliphatic rings. The number of nitrogens with two attached hydrogens (primary N) is 1. The molecule has 2 aromatic rings. The molecule has 2 rings (SSSR count). The first kappa shape index (κ1) is 24.7. The topological polar surface area (TPSA) is 75.8 Å². The minimum Gasteiger partial charge on any atom is -0.491 e. The first-order chi connectivity index (χ1) is 13.1. The van der Waals surface area contributed by atoms with E-state index in [0.717, 1.165) is 17.7 Å². The van der Waals surface area contributed by atoms with Gasteiger partial charge in [0.2, 0.25) is 5.91 Å². The lowest BCUT2D eigenvalue weighted by molar-refractivity contribution is -0.137. The number of hydrogen-bond acceptors (Lipinski definition) is 4. The molecule has 29 heavy (non-hydrogen) atoms. The number of aliphatic hydroxyl groups is 1. The fourth-order valence-corrected chi connectivity index (χ4v) is 2.55. The number of amides is 1. The standard InChI is InChI=1S/C20H23F3N2O3.ClH/c1-13-3-5-14(6-4-13)18(24)19(27)25(2)11-16(26)12-28-17-9-7-15(8-10-17)20(21,22)23;/h3-10,16,18,26H,11-12,24H2,1-2H3;1H. The van der Waals surface area contributed by atoms with Gasteiger partial charge in [0.25, 0.3) is 0 Å². The van der Waals surface area contributed by atoms with Crippen molar-refractivity contribution in [3.05, 3.63) is 65.2 Å². The van der Waals surface area contributed by atoms with Gasteiger partial charge in [-0.3, -0.25) is 4.79 Å². The Bertz CT molecular complexity index is 783. The van der Waals surface area contributed by atoms with Crippen LogP contribution in [0.25, 0.3) is 0 Å². The van der Waals surface area contributed by atoms with Crippen molar-refractivity contribution in [2.45, 2.75) is 25.2 Å². The number of aliphatic hydroxyl groups excluding tert-OH is 1. The third-order valence-electron chi connectivity index (χ3n) is 4.19. The molecule has 0 aliphatic heterocycles. The molecule has 0 spiro atoms. The van der Waals surface area contributed by atoms with E-state index < -0.39 is 23.9 Å². The Morgan fingerprint density at radius 1 is 1.14 bits per heavy atom. The molecule has 5 nitrogen and oxygen atoms in total. The first-order valence-electron chi connectivity index (χ1n) is 8.63. The number of nitrogens with zero attached hydrogens (tertiary/aromatic N) is 1. The summed E-state index contributed by atoms with van der Waals surface area (Å²) in [6, 6.07) is 10.6. The molecule has 0 aromatic heterocycles. The Morgan fingerprint density at radius 2 is 1.69 bits per heavy atom. The second-order valence-corrected chi connectivity index (χ2v) is 6.59. The maximum atomic E-state index is 12.5. The Balaban J connectivity index is 0.00000420. The molecular weight excluding hydrogens is 409 g/mol. The number of halogens is 4. The molecule has 3 N–H and O–H groups in total. The van der Waals surface area contributed by atoms with Crippen LogP contribution in [-0.2, 0) is 11.0 Å². The Kier molecular flexibility index (Phi) is 8.94. The Morgan fingerprint density at radius 3 is 2.21 bits per heavy atom. The van der Waals surface area contributed by atoms with Crippen LogP contribution in [0.5, 0.6) is 5.75 Å². The Hall–Kier alpha value is -2.29. The van der Waals surface area contributed by atoms with Crippen LogP contribution in [0.4, 0.5) is 13.2 Å². The lowest BCUT2D eigenvalue weighted by atomic mass is 10.0. The average molecular weight is 433 g/mol. The summed E-state index contributed by atoms with van der Waals surface area (Å²) in [5.74, 6) is -0.171. The number of ether oxygens (including phenoxy) is 1. The minimum atomic E-state index is -4.42. The molecule has 0 aliphatic carbocycles. The van der Waals surface area contributed by atoms with Gasteiger partial charge < -0.3 is 20.5 Å². The number of likely N-dealkylation sites (N-methyl/N-ethyl adjacent to an activating group) is 1. The Labute approximate surface area is 173 Å². The van der Waals surface area contributed by atoms with Crippen LogP contribution in [-0.4, -0.2) is 42.2 Å². The zero-order chi connectivity index (χ0) is 20.9. The molecule has 0 fully saturated rings. The highest BCUT2D eigenvalue weighted by Crippen LogP contribution is 2.30. The van der Waals surface area contributed by atoms with E-state index in [2.05, 4.69) is 0 Å². The summed E-state index contributed by atoms with van der Waals surface area (Å²) in [7, 11) is 1.51. The van der Waals surface area contributed by atoms with E-state index in [4.69, 9.17) is 10.5 Å². The lowest BCUT2D eigenvalue weighted by Crippen LogP contribution is -2.41. The number of rotatable bonds is 7. The van der Waals surface area contributed by atoms with Gasteiger partial charge in [-0.25, -0.2) is 0 Å². The molecule has 2 unspecified atom stereocenters. The molecular formula is C20H24ClF3N2O3. The van der Waals surface area contributed by atoms with Crippen molar-refractivity contribution < 1.29 is 27.8 Å². The van der Waals surface area contributed by atoms with E-state index in [9.17, 15) is 23.1 Å². The van der Waals surface area contributed by atoms with Crippen LogP contribution in [0.2, 0.25) is 0 Å². The number of benzene rings is 2. The van der Waals surface area contributed by atoms with Gasteiger partial charge in [-0.2, -0.15) is 13.2 Å². The van der Waals surface area contributed by atoms with E-state index >= 15 is 0 Å². The minimum absolute atomic E-state index is 0. The molecule has 0 saturated heterocycles. The molecule has 9 heteroatoms. The van der Waals surface area contributed by atoms with Crippen LogP contribution in [0.1, 0.15) is 22.7 Å². The number of hydrogen-bond donors (Lipinski definition) is 2. The maximum Gasteiger partial charge on any atom is 0.416 e. The number of carbonyl (C=O) groups is 1. The monoisotopic (exact) mass is 432 g/mol. The third kappa shape index (κ3) is 7.23. The van der Waals surface area contributed by atoms with E-state index in [-0.39, 0.29) is 37.2 Å². The summed E-state index contributed by atoms with van der Waals surface area (Å²) in [4.78, 5) is 13.7. The summed E-state index contributed by atoms with van der Waals surface area (Å²) in [5, 5.41) is 10.1. The second-order valence-electron chi connectivity index (χ2n) is 6.59. The second kappa shape index (κ2) is 10.5. The number of alkyl halides is 3. The zero-order valence-corrected chi connectivity index (χ0v) is 16.8. The van der Waals surface area contributed by atoms with Crippen LogP contribution < -0.4 is 10.5 Å². The molecule has 0 saturated carbocycles. The molecule has 2 aromatic carbocycles. The van der Waals surface area contributed by atoms with Crippen molar-refractivity contribution in [3.8, 4) is 5.75 Å². The van der Waals surface area contributed by atoms with Gasteiger partial charge in [0, 0.05) is 13.6 Å².